The SMILES string of the molecule is CCOC(=O)c1nnc(SCc2nc(CC)no2)o1. The number of thioether (sulfide) groups is 1. The van der Waals surface area contributed by atoms with Crippen molar-refractivity contribution in [3.05, 3.63) is 17.6 Å². The molecule has 0 aliphatic heterocycles. The van der Waals surface area contributed by atoms with E-state index in [9.17, 15) is 4.79 Å². The minimum atomic E-state index is -0.632. The first-order chi connectivity index (χ1) is 9.22. The van der Waals surface area contributed by atoms with Crippen molar-refractivity contribution >= 4 is 17.7 Å². The second-order valence-electron chi connectivity index (χ2n) is 3.34. The lowest BCUT2D eigenvalue weighted by atomic mass is 10.5. The Kier molecular flexibility index (Phi) is 4.50. The minimum absolute atomic E-state index is 0.163. The van der Waals surface area contributed by atoms with Crippen LogP contribution in [0.15, 0.2) is 14.2 Å². The Bertz CT molecular complexity index is 553. The largest absolute Gasteiger partial charge is 0.459 e. The Balaban J connectivity index is 1.91. The topological polar surface area (TPSA) is 104 Å². The highest BCUT2D eigenvalue weighted by Crippen LogP contribution is 2.20. The van der Waals surface area contributed by atoms with Crippen LogP contribution < -0.4 is 0 Å². The predicted molar refractivity (Wildman–Crippen MR) is 63.5 cm³/mol. The molecule has 0 spiro atoms. The fourth-order valence-corrected chi connectivity index (χ4v) is 1.76. The number of nitrogens with zero attached hydrogens (tertiary/aromatic N) is 4. The number of aromatic nitrogens is 4. The summed E-state index contributed by atoms with van der Waals surface area (Å²) in [5.41, 5.74) is 0. The van der Waals surface area contributed by atoms with E-state index in [0.717, 1.165) is 0 Å². The fourth-order valence-electron chi connectivity index (χ4n) is 1.16. The number of esters is 1. The number of ether oxygens (including phenoxy) is 1. The van der Waals surface area contributed by atoms with Gasteiger partial charge in [-0.25, -0.2) is 4.79 Å². The van der Waals surface area contributed by atoms with E-state index in [2.05, 4.69) is 20.3 Å². The van der Waals surface area contributed by atoms with E-state index in [4.69, 9.17) is 13.7 Å². The first kappa shape index (κ1) is 13.5. The van der Waals surface area contributed by atoms with Crippen LogP contribution in [0.5, 0.6) is 0 Å². The van der Waals surface area contributed by atoms with E-state index in [1.165, 1.54) is 11.8 Å². The van der Waals surface area contributed by atoms with Gasteiger partial charge in [0.15, 0.2) is 5.82 Å². The van der Waals surface area contributed by atoms with Crippen molar-refractivity contribution in [2.75, 3.05) is 6.61 Å². The summed E-state index contributed by atoms with van der Waals surface area (Å²) in [5.74, 6) is 0.723. The Morgan fingerprint density at radius 2 is 2.21 bits per heavy atom. The minimum Gasteiger partial charge on any atom is -0.459 e. The van der Waals surface area contributed by atoms with Crippen molar-refractivity contribution in [2.45, 2.75) is 31.2 Å². The quantitative estimate of drug-likeness (QED) is 0.576. The number of aryl methyl sites for hydroxylation is 1. The molecule has 2 aromatic rings. The molecule has 19 heavy (non-hydrogen) atoms. The van der Waals surface area contributed by atoms with Gasteiger partial charge in [0.2, 0.25) is 5.89 Å². The average molecular weight is 284 g/mol. The molecule has 0 N–H and O–H groups in total. The van der Waals surface area contributed by atoms with Crippen molar-refractivity contribution in [3.63, 3.8) is 0 Å². The lowest BCUT2D eigenvalue weighted by molar-refractivity contribution is 0.0475. The maximum Gasteiger partial charge on any atom is 0.396 e. The van der Waals surface area contributed by atoms with Gasteiger partial charge in [0.1, 0.15) is 0 Å². The van der Waals surface area contributed by atoms with Crippen LogP contribution >= 0.6 is 11.8 Å². The van der Waals surface area contributed by atoms with E-state index in [1.54, 1.807) is 6.92 Å². The number of carbonyl (C=O) groups excluding carboxylic acids is 1. The third kappa shape index (κ3) is 3.53. The molecule has 0 fully saturated rings. The molecule has 0 bridgehead atoms. The molecule has 102 valence electrons. The summed E-state index contributed by atoms with van der Waals surface area (Å²) in [7, 11) is 0. The second kappa shape index (κ2) is 6.32. The molecule has 9 heteroatoms. The van der Waals surface area contributed by atoms with Gasteiger partial charge < -0.3 is 13.7 Å². The van der Waals surface area contributed by atoms with Gasteiger partial charge in [0.25, 0.3) is 5.22 Å². The Hall–Kier alpha value is -1.90. The Morgan fingerprint density at radius 3 is 2.89 bits per heavy atom. The van der Waals surface area contributed by atoms with Crippen molar-refractivity contribution in [1.29, 1.82) is 0 Å². The van der Waals surface area contributed by atoms with E-state index < -0.39 is 5.97 Å². The molecule has 0 aliphatic rings. The molecule has 8 nitrogen and oxygen atoms in total. The first-order valence-corrected chi connectivity index (χ1v) is 6.66. The zero-order valence-electron chi connectivity index (χ0n) is 10.5. The predicted octanol–water partition coefficient (Wildman–Crippen LogP) is 1.48. The van der Waals surface area contributed by atoms with Crippen LogP contribution in [0.2, 0.25) is 0 Å². The summed E-state index contributed by atoms with van der Waals surface area (Å²) in [6, 6.07) is 0. The molecule has 0 saturated heterocycles. The fraction of sp³-hybridized carbons (Fsp3) is 0.500. The van der Waals surface area contributed by atoms with Crippen LogP contribution in [0.25, 0.3) is 0 Å². The summed E-state index contributed by atoms with van der Waals surface area (Å²) < 4.78 is 14.9. The summed E-state index contributed by atoms with van der Waals surface area (Å²) >= 11 is 1.21. The highest BCUT2D eigenvalue weighted by Gasteiger charge is 2.16. The molecular formula is C10H12N4O4S. The number of hydrogen-bond donors (Lipinski definition) is 0. The standard InChI is InChI=1S/C10H12N4O4S/c1-3-6-11-7(18-14-6)5-19-10-13-12-8(17-10)9(15)16-4-2/h3-5H2,1-2H3. The molecular weight excluding hydrogens is 272 g/mol. The maximum atomic E-state index is 11.3. The second-order valence-corrected chi connectivity index (χ2v) is 4.27. The van der Waals surface area contributed by atoms with Crippen molar-refractivity contribution in [1.82, 2.24) is 20.3 Å². The van der Waals surface area contributed by atoms with E-state index in [1.807, 2.05) is 6.92 Å². The monoisotopic (exact) mass is 284 g/mol. The van der Waals surface area contributed by atoms with Gasteiger partial charge in [0, 0.05) is 6.42 Å². The molecule has 2 rings (SSSR count). The summed E-state index contributed by atoms with van der Waals surface area (Å²) in [4.78, 5) is 15.4. The molecule has 2 heterocycles. The van der Waals surface area contributed by atoms with E-state index >= 15 is 0 Å². The van der Waals surface area contributed by atoms with Crippen LogP contribution in [-0.2, 0) is 16.9 Å². The third-order valence-electron chi connectivity index (χ3n) is 2.00. The molecule has 0 atom stereocenters. The highest BCUT2D eigenvalue weighted by atomic mass is 32.2. The normalized spacial score (nSPS) is 10.6. The van der Waals surface area contributed by atoms with E-state index in [0.29, 0.717) is 23.9 Å². The summed E-state index contributed by atoms with van der Waals surface area (Å²) in [5, 5.41) is 11.3. The summed E-state index contributed by atoms with van der Waals surface area (Å²) in [6.45, 7) is 3.89. The van der Waals surface area contributed by atoms with Crippen molar-refractivity contribution < 1.29 is 18.5 Å². The van der Waals surface area contributed by atoms with Gasteiger partial charge in [-0.2, -0.15) is 4.98 Å². The van der Waals surface area contributed by atoms with E-state index in [-0.39, 0.29) is 17.7 Å². The number of rotatable bonds is 6. The van der Waals surface area contributed by atoms with Gasteiger partial charge in [-0.15, -0.1) is 5.10 Å². The number of hydrogen-bond acceptors (Lipinski definition) is 9. The van der Waals surface area contributed by atoms with Gasteiger partial charge >= 0.3 is 11.9 Å². The van der Waals surface area contributed by atoms with Crippen LogP contribution in [-0.4, -0.2) is 32.9 Å². The Morgan fingerprint density at radius 1 is 1.37 bits per heavy atom. The zero-order chi connectivity index (χ0) is 13.7. The lowest BCUT2D eigenvalue weighted by Gasteiger charge is -1.94. The molecule has 2 aromatic heterocycles. The highest BCUT2D eigenvalue weighted by molar-refractivity contribution is 7.98. The summed E-state index contributed by atoms with van der Waals surface area (Å²) in [6.07, 6.45) is 0.710. The van der Waals surface area contributed by atoms with Crippen LogP contribution in [0, 0.1) is 0 Å². The zero-order valence-corrected chi connectivity index (χ0v) is 11.3. The third-order valence-corrected chi connectivity index (χ3v) is 2.81. The molecule has 0 aliphatic carbocycles. The molecule has 0 saturated carbocycles. The first-order valence-electron chi connectivity index (χ1n) is 5.67. The maximum absolute atomic E-state index is 11.3. The van der Waals surface area contributed by atoms with Gasteiger partial charge in [-0.1, -0.05) is 28.9 Å². The smallest absolute Gasteiger partial charge is 0.396 e. The van der Waals surface area contributed by atoms with Gasteiger partial charge in [-0.05, 0) is 6.92 Å². The lowest BCUT2D eigenvalue weighted by Crippen LogP contribution is -2.04. The van der Waals surface area contributed by atoms with Gasteiger partial charge in [-0.3, -0.25) is 0 Å². The van der Waals surface area contributed by atoms with Crippen LogP contribution in [0.3, 0.4) is 0 Å². The van der Waals surface area contributed by atoms with Crippen molar-refractivity contribution in [2.24, 2.45) is 0 Å². The van der Waals surface area contributed by atoms with Crippen LogP contribution in [0.4, 0.5) is 0 Å². The Labute approximate surface area is 112 Å². The van der Waals surface area contributed by atoms with Gasteiger partial charge in [0.05, 0.1) is 12.4 Å². The molecule has 0 radical (unpaired) electrons. The number of carbonyl (C=O) groups is 1. The van der Waals surface area contributed by atoms with Crippen LogP contribution in [0.1, 0.15) is 36.2 Å². The van der Waals surface area contributed by atoms with Crippen molar-refractivity contribution in [3.8, 4) is 0 Å². The molecule has 0 aromatic carbocycles. The average Bonchev–Trinajstić information content (AvgIpc) is 3.06. The molecule has 0 amide bonds. The molecule has 0 unspecified atom stereocenters.